The minimum absolute atomic E-state index is 0.0793. The van der Waals surface area contributed by atoms with E-state index in [0.29, 0.717) is 0 Å². The summed E-state index contributed by atoms with van der Waals surface area (Å²) in [5, 5.41) is 8.89. The van der Waals surface area contributed by atoms with Crippen LogP contribution in [0.3, 0.4) is 0 Å². The summed E-state index contributed by atoms with van der Waals surface area (Å²) in [6, 6.07) is 41.1. The Morgan fingerprint density at radius 2 is 0.862 bits per heavy atom. The molecular weight excluding hydrogens is 376 g/mol. The van der Waals surface area contributed by atoms with Gasteiger partial charge in [0.1, 0.15) is 0 Å². The Bertz CT molecular complexity index is 971. The van der Waals surface area contributed by atoms with Crippen LogP contribution in [0, 0.1) is 0 Å². The van der Waals surface area contributed by atoms with Gasteiger partial charge in [-0.05, 0) is 66.6 Å². The van der Waals surface area contributed by atoms with Gasteiger partial charge >= 0.3 is 0 Å². The molecule has 0 aromatic heterocycles. The van der Waals surface area contributed by atoms with Crippen molar-refractivity contribution in [2.24, 2.45) is 0 Å². The maximum Gasteiger partial charge on any atom is 0.166 e. The summed E-state index contributed by atoms with van der Waals surface area (Å²) in [7, 11) is -0.0793. The van der Waals surface area contributed by atoms with Crippen LogP contribution in [0.1, 0.15) is 6.92 Å². The lowest BCUT2D eigenvalue weighted by atomic mass is 10.1. The van der Waals surface area contributed by atoms with Crippen molar-refractivity contribution < 1.29 is 9.90 Å². The first-order valence-corrected chi connectivity index (χ1v) is 10.5. The smallest absolute Gasteiger partial charge is 0.166 e. The van der Waals surface area contributed by atoms with E-state index in [1.807, 2.05) is 0 Å². The van der Waals surface area contributed by atoms with Crippen molar-refractivity contribution in [2.45, 2.75) is 21.6 Å². The van der Waals surface area contributed by atoms with E-state index in [1.165, 1.54) is 25.8 Å². The summed E-state index contributed by atoms with van der Waals surface area (Å²) < 4.78 is 0. The van der Waals surface area contributed by atoms with Gasteiger partial charge in [-0.3, -0.25) is 0 Å². The lowest BCUT2D eigenvalue weighted by molar-refractivity contribution is -0.302. The van der Waals surface area contributed by atoms with E-state index >= 15 is 0 Å². The number of rotatable bonds is 4. The largest absolute Gasteiger partial charge is 0.550 e. The molecule has 3 heteroatoms. The van der Waals surface area contributed by atoms with Gasteiger partial charge in [-0.2, -0.15) is 0 Å². The molecule has 0 aliphatic rings. The number of carboxylic acid groups (broad SMARTS) is 1. The van der Waals surface area contributed by atoms with E-state index < -0.39 is 5.97 Å². The predicted molar refractivity (Wildman–Crippen MR) is 118 cm³/mol. The molecule has 0 saturated heterocycles. The zero-order chi connectivity index (χ0) is 20.5. The fraction of sp³-hybridized carbons (Fsp3) is 0.0385. The van der Waals surface area contributed by atoms with Gasteiger partial charge in [-0.1, -0.05) is 66.7 Å². The Labute approximate surface area is 174 Å². The van der Waals surface area contributed by atoms with Crippen molar-refractivity contribution in [3.8, 4) is 11.1 Å². The van der Waals surface area contributed by atoms with Crippen LogP contribution in [-0.4, -0.2) is 5.97 Å². The normalized spacial score (nSPS) is 10.1. The Hall–Kier alpha value is -3.30. The lowest BCUT2D eigenvalue weighted by Crippen LogP contribution is -2.16. The molecule has 2 nitrogen and oxygen atoms in total. The standard InChI is InChI=1S/C24H19S.C2H4O2/c1-4-10-20(11-5-1)21-16-18-24(19-17-21)25(22-12-6-2-7-13-22)23-14-8-3-9-15-23;1-2(3)4/h1-19H;1H3,(H,3,4)/q+1;/p-1. The summed E-state index contributed by atoms with van der Waals surface area (Å²) in [5.74, 6) is -1.08. The summed E-state index contributed by atoms with van der Waals surface area (Å²) >= 11 is 0. The topological polar surface area (TPSA) is 40.1 Å². The fourth-order valence-electron chi connectivity index (χ4n) is 2.94. The third-order valence-electron chi connectivity index (χ3n) is 4.15. The van der Waals surface area contributed by atoms with Crippen molar-refractivity contribution in [2.75, 3.05) is 0 Å². The van der Waals surface area contributed by atoms with Crippen LogP contribution in [-0.2, 0) is 15.7 Å². The van der Waals surface area contributed by atoms with Crippen LogP contribution in [0.4, 0.5) is 0 Å². The first kappa shape index (κ1) is 20.4. The monoisotopic (exact) mass is 398 g/mol. The van der Waals surface area contributed by atoms with E-state index in [2.05, 4.69) is 115 Å². The Morgan fingerprint density at radius 3 is 1.28 bits per heavy atom. The van der Waals surface area contributed by atoms with Gasteiger partial charge in [0, 0.05) is 5.97 Å². The van der Waals surface area contributed by atoms with Crippen LogP contribution in [0.5, 0.6) is 0 Å². The number of aliphatic carboxylic acids is 1. The van der Waals surface area contributed by atoms with Gasteiger partial charge < -0.3 is 9.90 Å². The molecule has 0 saturated carbocycles. The quantitative estimate of drug-likeness (QED) is 0.443. The van der Waals surface area contributed by atoms with Gasteiger partial charge in [0.2, 0.25) is 0 Å². The van der Waals surface area contributed by atoms with E-state index in [1.54, 1.807) is 0 Å². The van der Waals surface area contributed by atoms with Crippen molar-refractivity contribution in [1.82, 2.24) is 0 Å². The van der Waals surface area contributed by atoms with Gasteiger partial charge in [0.05, 0.1) is 10.9 Å². The molecule has 0 aliphatic carbocycles. The molecule has 0 radical (unpaired) electrons. The van der Waals surface area contributed by atoms with Crippen molar-refractivity contribution in [3.63, 3.8) is 0 Å². The maximum absolute atomic E-state index is 8.89. The Balaban J connectivity index is 0.000000552. The molecular formula is C26H22O2S. The SMILES string of the molecule is CC(=O)[O-].c1ccc(-c2ccc([S+](c3ccccc3)c3ccccc3)cc2)cc1. The molecule has 0 aliphatic heterocycles. The molecule has 0 unspecified atom stereocenters. The van der Waals surface area contributed by atoms with Crippen LogP contribution in [0.15, 0.2) is 130 Å². The molecule has 4 aromatic carbocycles. The number of carbonyl (C=O) groups is 1. The van der Waals surface area contributed by atoms with Gasteiger partial charge in [-0.25, -0.2) is 0 Å². The molecule has 0 bridgehead atoms. The molecule has 4 rings (SSSR count). The molecule has 0 heterocycles. The second kappa shape index (κ2) is 10.3. The summed E-state index contributed by atoms with van der Waals surface area (Å²) in [5.41, 5.74) is 2.52. The molecule has 4 aromatic rings. The van der Waals surface area contributed by atoms with E-state index in [0.717, 1.165) is 6.92 Å². The Morgan fingerprint density at radius 1 is 0.552 bits per heavy atom. The molecule has 0 amide bonds. The van der Waals surface area contributed by atoms with Gasteiger partial charge in [0.15, 0.2) is 14.7 Å². The second-order valence-electron chi connectivity index (χ2n) is 6.31. The molecule has 144 valence electrons. The molecule has 0 fully saturated rings. The highest BCUT2D eigenvalue weighted by atomic mass is 32.2. The third kappa shape index (κ3) is 5.84. The van der Waals surface area contributed by atoms with Crippen molar-refractivity contribution >= 4 is 16.9 Å². The maximum atomic E-state index is 8.89. The molecule has 0 spiro atoms. The van der Waals surface area contributed by atoms with E-state index in [9.17, 15) is 0 Å². The average Bonchev–Trinajstić information content (AvgIpc) is 2.76. The van der Waals surface area contributed by atoms with E-state index in [4.69, 9.17) is 9.90 Å². The highest BCUT2D eigenvalue weighted by Gasteiger charge is 2.27. The first-order chi connectivity index (χ1) is 14.1. The first-order valence-electron chi connectivity index (χ1n) is 9.32. The summed E-state index contributed by atoms with van der Waals surface area (Å²) in [6.45, 7) is 0.972. The number of carboxylic acids is 1. The minimum Gasteiger partial charge on any atom is -0.550 e. The predicted octanol–water partition coefficient (Wildman–Crippen LogP) is 5.21. The zero-order valence-electron chi connectivity index (χ0n) is 16.2. The summed E-state index contributed by atoms with van der Waals surface area (Å²) in [4.78, 5) is 12.9. The van der Waals surface area contributed by atoms with Crippen molar-refractivity contribution in [1.29, 1.82) is 0 Å². The van der Waals surface area contributed by atoms with E-state index in [-0.39, 0.29) is 10.9 Å². The van der Waals surface area contributed by atoms with Gasteiger partial charge in [-0.15, -0.1) is 0 Å². The lowest BCUT2D eigenvalue weighted by Gasteiger charge is -2.09. The number of hydrogen-bond donors (Lipinski definition) is 0. The molecule has 0 atom stereocenters. The third-order valence-corrected chi connectivity index (χ3v) is 6.39. The minimum atomic E-state index is -1.08. The molecule has 0 N–H and O–H groups in total. The van der Waals surface area contributed by atoms with Crippen LogP contribution in [0.2, 0.25) is 0 Å². The number of benzene rings is 4. The second-order valence-corrected chi connectivity index (χ2v) is 8.34. The average molecular weight is 399 g/mol. The highest BCUT2D eigenvalue weighted by Crippen LogP contribution is 2.32. The van der Waals surface area contributed by atoms with Crippen molar-refractivity contribution in [3.05, 3.63) is 115 Å². The Kier molecular flexibility index (Phi) is 7.26. The van der Waals surface area contributed by atoms with Crippen LogP contribution >= 0.6 is 0 Å². The highest BCUT2D eigenvalue weighted by molar-refractivity contribution is 7.97. The summed E-state index contributed by atoms with van der Waals surface area (Å²) in [6.07, 6.45) is 0. The fourth-order valence-corrected chi connectivity index (χ4v) is 5.02. The molecule has 29 heavy (non-hydrogen) atoms. The van der Waals surface area contributed by atoms with Gasteiger partial charge in [0.25, 0.3) is 0 Å². The number of carbonyl (C=O) groups excluding carboxylic acids is 1. The number of hydrogen-bond acceptors (Lipinski definition) is 2. The van der Waals surface area contributed by atoms with Crippen LogP contribution < -0.4 is 5.11 Å². The zero-order valence-corrected chi connectivity index (χ0v) is 17.0. The van der Waals surface area contributed by atoms with Crippen LogP contribution in [0.25, 0.3) is 11.1 Å².